The van der Waals surface area contributed by atoms with Crippen molar-refractivity contribution in [2.75, 3.05) is 6.54 Å². The molecule has 144 valence electrons. The fraction of sp³-hybridized carbons (Fsp3) is 0.120. The number of hydrogen-bond donors (Lipinski definition) is 1. The molecule has 0 aliphatic rings. The van der Waals surface area contributed by atoms with Gasteiger partial charge in [0.25, 0.3) is 5.91 Å². The van der Waals surface area contributed by atoms with Crippen LogP contribution in [0.1, 0.15) is 21.5 Å². The summed E-state index contributed by atoms with van der Waals surface area (Å²) in [7, 11) is 0. The van der Waals surface area contributed by atoms with Gasteiger partial charge in [-0.2, -0.15) is 0 Å². The number of fused-ring (bicyclic) bond motifs is 1. The number of aromatic nitrogens is 1. The largest absolute Gasteiger partial charge is 0.352 e. The number of amides is 1. The topological polar surface area (TPSA) is 42.0 Å². The Morgan fingerprint density at radius 2 is 1.62 bits per heavy atom. The molecule has 4 aromatic rings. The van der Waals surface area contributed by atoms with Crippen molar-refractivity contribution < 1.29 is 4.79 Å². The van der Waals surface area contributed by atoms with E-state index >= 15 is 0 Å². The minimum Gasteiger partial charge on any atom is -0.352 e. The van der Waals surface area contributed by atoms with Crippen molar-refractivity contribution in [2.24, 2.45) is 0 Å². The van der Waals surface area contributed by atoms with E-state index in [9.17, 15) is 4.79 Å². The maximum atomic E-state index is 13.1. The maximum Gasteiger partial charge on any atom is 0.252 e. The predicted molar refractivity (Wildman–Crippen MR) is 119 cm³/mol. The number of nitrogens with one attached hydrogen (secondary N) is 1. The van der Waals surface area contributed by atoms with Crippen LogP contribution in [0.2, 0.25) is 5.02 Å². The molecule has 29 heavy (non-hydrogen) atoms. The average Bonchev–Trinajstić information content (AvgIpc) is 2.74. The number of para-hydroxylation sites is 1. The first-order chi connectivity index (χ1) is 14.1. The van der Waals surface area contributed by atoms with Gasteiger partial charge in [-0.25, -0.2) is 4.98 Å². The van der Waals surface area contributed by atoms with Crippen molar-refractivity contribution >= 4 is 28.4 Å². The molecular weight excluding hydrogens is 380 g/mol. The molecular formula is C25H21ClN2O. The number of rotatable bonds is 5. The Labute approximate surface area is 175 Å². The average molecular weight is 401 g/mol. The summed E-state index contributed by atoms with van der Waals surface area (Å²) in [6, 6.07) is 25.5. The second-order valence-corrected chi connectivity index (χ2v) is 7.41. The molecule has 4 heteroatoms. The molecule has 1 amide bonds. The lowest BCUT2D eigenvalue weighted by Gasteiger charge is -2.15. The van der Waals surface area contributed by atoms with Crippen LogP contribution in [0, 0.1) is 6.92 Å². The zero-order valence-electron chi connectivity index (χ0n) is 16.2. The molecule has 3 aromatic carbocycles. The van der Waals surface area contributed by atoms with Crippen LogP contribution in [0.15, 0.2) is 78.9 Å². The molecule has 1 heterocycles. The van der Waals surface area contributed by atoms with Crippen LogP contribution < -0.4 is 5.32 Å². The molecule has 0 saturated carbocycles. The van der Waals surface area contributed by atoms with E-state index in [1.54, 1.807) is 0 Å². The minimum atomic E-state index is -0.0766. The molecule has 3 nitrogen and oxygen atoms in total. The third-order valence-electron chi connectivity index (χ3n) is 5.02. The first-order valence-corrected chi connectivity index (χ1v) is 9.98. The fourth-order valence-electron chi connectivity index (χ4n) is 3.54. The van der Waals surface area contributed by atoms with Gasteiger partial charge in [0.1, 0.15) is 0 Å². The second kappa shape index (κ2) is 8.46. The van der Waals surface area contributed by atoms with Crippen LogP contribution in [0.3, 0.4) is 0 Å². The lowest BCUT2D eigenvalue weighted by atomic mass is 9.97. The van der Waals surface area contributed by atoms with E-state index in [1.807, 2.05) is 73.7 Å². The van der Waals surface area contributed by atoms with Gasteiger partial charge in [-0.3, -0.25) is 4.79 Å². The molecule has 0 radical (unpaired) electrons. The molecule has 1 N–H and O–H groups in total. The minimum absolute atomic E-state index is 0.0766. The number of pyridine rings is 1. The van der Waals surface area contributed by atoms with Gasteiger partial charge in [0.05, 0.1) is 16.8 Å². The first kappa shape index (κ1) is 19.2. The highest BCUT2D eigenvalue weighted by Crippen LogP contribution is 2.30. The highest BCUT2D eigenvalue weighted by Gasteiger charge is 2.18. The van der Waals surface area contributed by atoms with Crippen LogP contribution in [0.25, 0.3) is 22.2 Å². The number of benzene rings is 3. The summed E-state index contributed by atoms with van der Waals surface area (Å²) in [6.07, 6.45) is 0.790. The number of carbonyl (C=O) groups is 1. The summed E-state index contributed by atoms with van der Waals surface area (Å²) in [5.41, 5.74) is 5.28. The number of nitrogens with zero attached hydrogens (tertiary/aromatic N) is 1. The Morgan fingerprint density at radius 3 is 2.38 bits per heavy atom. The second-order valence-electron chi connectivity index (χ2n) is 6.98. The lowest BCUT2D eigenvalue weighted by Crippen LogP contribution is -2.27. The van der Waals surface area contributed by atoms with Crippen molar-refractivity contribution in [2.45, 2.75) is 13.3 Å². The highest BCUT2D eigenvalue weighted by molar-refractivity contribution is 6.30. The number of hydrogen-bond acceptors (Lipinski definition) is 2. The number of halogens is 1. The maximum absolute atomic E-state index is 13.1. The SMILES string of the molecule is Cc1c(-c2ccc(Cl)cc2)nc2ccccc2c1C(=O)NCCc1ccccc1. The standard InChI is InChI=1S/C25H21ClN2O/c1-17-23(25(29)27-16-15-18-7-3-2-4-8-18)21-9-5-6-10-22(21)28-24(17)19-11-13-20(26)14-12-19/h2-14H,15-16H2,1H3,(H,27,29). The zero-order chi connectivity index (χ0) is 20.2. The Bertz CT molecular complexity index is 1150. The van der Waals surface area contributed by atoms with Crippen LogP contribution in [-0.2, 0) is 6.42 Å². The summed E-state index contributed by atoms with van der Waals surface area (Å²) < 4.78 is 0. The Balaban J connectivity index is 1.69. The van der Waals surface area contributed by atoms with Crippen LogP contribution in [0.4, 0.5) is 0 Å². The van der Waals surface area contributed by atoms with Crippen LogP contribution >= 0.6 is 11.6 Å². The zero-order valence-corrected chi connectivity index (χ0v) is 16.9. The van der Waals surface area contributed by atoms with E-state index in [4.69, 9.17) is 16.6 Å². The first-order valence-electron chi connectivity index (χ1n) is 9.61. The van der Waals surface area contributed by atoms with Crippen molar-refractivity contribution in [3.05, 3.63) is 101 Å². The van der Waals surface area contributed by atoms with E-state index in [-0.39, 0.29) is 5.91 Å². The van der Waals surface area contributed by atoms with E-state index in [0.717, 1.165) is 34.1 Å². The van der Waals surface area contributed by atoms with E-state index in [2.05, 4.69) is 17.4 Å². The summed E-state index contributed by atoms with van der Waals surface area (Å²) >= 11 is 6.04. The van der Waals surface area contributed by atoms with Gasteiger partial charge in [0, 0.05) is 22.5 Å². The van der Waals surface area contributed by atoms with Gasteiger partial charge in [-0.1, -0.05) is 72.3 Å². The molecule has 0 atom stereocenters. The summed E-state index contributed by atoms with van der Waals surface area (Å²) in [6.45, 7) is 2.53. The summed E-state index contributed by atoms with van der Waals surface area (Å²) in [5.74, 6) is -0.0766. The van der Waals surface area contributed by atoms with Gasteiger partial charge in [-0.15, -0.1) is 0 Å². The van der Waals surface area contributed by atoms with E-state index in [0.29, 0.717) is 17.1 Å². The molecule has 0 unspecified atom stereocenters. The van der Waals surface area contributed by atoms with Gasteiger partial charge < -0.3 is 5.32 Å². The van der Waals surface area contributed by atoms with Gasteiger partial charge in [0.2, 0.25) is 0 Å². The monoisotopic (exact) mass is 400 g/mol. The normalized spacial score (nSPS) is 10.8. The summed E-state index contributed by atoms with van der Waals surface area (Å²) in [5, 5.41) is 4.61. The van der Waals surface area contributed by atoms with Crippen LogP contribution in [0.5, 0.6) is 0 Å². The number of carbonyl (C=O) groups excluding carboxylic acids is 1. The predicted octanol–water partition coefficient (Wildman–Crippen LogP) is 5.84. The molecule has 0 saturated heterocycles. The molecule has 0 aliphatic heterocycles. The van der Waals surface area contributed by atoms with E-state index in [1.165, 1.54) is 5.56 Å². The molecule has 0 spiro atoms. The van der Waals surface area contributed by atoms with Gasteiger partial charge in [-0.05, 0) is 42.7 Å². The molecule has 1 aromatic heterocycles. The van der Waals surface area contributed by atoms with Gasteiger partial charge in [0.15, 0.2) is 0 Å². The van der Waals surface area contributed by atoms with Crippen molar-refractivity contribution in [3.8, 4) is 11.3 Å². The third-order valence-corrected chi connectivity index (χ3v) is 5.27. The molecule has 0 aliphatic carbocycles. The smallest absolute Gasteiger partial charge is 0.252 e. The summed E-state index contributed by atoms with van der Waals surface area (Å²) in [4.78, 5) is 18.0. The quantitative estimate of drug-likeness (QED) is 0.457. The highest BCUT2D eigenvalue weighted by atomic mass is 35.5. The Hall–Kier alpha value is -3.17. The van der Waals surface area contributed by atoms with Crippen molar-refractivity contribution in [3.63, 3.8) is 0 Å². The third kappa shape index (κ3) is 4.15. The fourth-order valence-corrected chi connectivity index (χ4v) is 3.67. The molecule has 0 fully saturated rings. The van der Waals surface area contributed by atoms with Crippen molar-refractivity contribution in [1.29, 1.82) is 0 Å². The molecule has 0 bridgehead atoms. The Morgan fingerprint density at radius 1 is 0.931 bits per heavy atom. The lowest BCUT2D eigenvalue weighted by molar-refractivity contribution is 0.0955. The van der Waals surface area contributed by atoms with Gasteiger partial charge >= 0.3 is 0 Å². The van der Waals surface area contributed by atoms with Crippen molar-refractivity contribution in [1.82, 2.24) is 10.3 Å². The Kier molecular flexibility index (Phi) is 5.59. The van der Waals surface area contributed by atoms with E-state index < -0.39 is 0 Å². The van der Waals surface area contributed by atoms with Crippen LogP contribution in [-0.4, -0.2) is 17.4 Å². The molecule has 4 rings (SSSR count).